The third-order valence-corrected chi connectivity index (χ3v) is 8.02. The largest absolute Gasteiger partial charge is 0.481 e. The number of nitrogens with zero attached hydrogens (tertiary/aromatic N) is 1. The number of amides is 1. The molecule has 1 saturated heterocycles. The molecule has 0 bridgehead atoms. The SMILES string of the molecule is O=C(O)CC[C@H]1C(=O)N(c2ccc(F)cc2)[C@@H]1c1ccc(OC(c2ccccc2)(c2ccccc2)c2ccccc2)cc1. The highest BCUT2D eigenvalue weighted by atomic mass is 19.1. The fourth-order valence-corrected chi connectivity index (χ4v) is 5.99. The maximum Gasteiger partial charge on any atom is 0.303 e. The van der Waals surface area contributed by atoms with Crippen LogP contribution in [0.25, 0.3) is 0 Å². The van der Waals surface area contributed by atoms with Gasteiger partial charge in [0.25, 0.3) is 0 Å². The molecule has 1 N–H and O–H groups in total. The molecular formula is C37H30FNO4. The molecule has 6 rings (SSSR count). The van der Waals surface area contributed by atoms with Crippen LogP contribution in [0.1, 0.15) is 41.1 Å². The Balaban J connectivity index is 1.39. The summed E-state index contributed by atoms with van der Waals surface area (Å²) in [5.41, 5.74) is 3.38. The van der Waals surface area contributed by atoms with Crippen molar-refractivity contribution in [3.8, 4) is 5.75 Å². The highest BCUT2D eigenvalue weighted by Gasteiger charge is 2.48. The lowest BCUT2D eigenvalue weighted by Gasteiger charge is -2.47. The third kappa shape index (κ3) is 5.40. The van der Waals surface area contributed by atoms with E-state index in [0.29, 0.717) is 11.4 Å². The Morgan fingerprint density at radius 3 is 1.67 bits per heavy atom. The smallest absolute Gasteiger partial charge is 0.303 e. The van der Waals surface area contributed by atoms with Gasteiger partial charge in [0.05, 0.1) is 12.0 Å². The molecule has 0 spiro atoms. The van der Waals surface area contributed by atoms with Crippen LogP contribution in [-0.2, 0) is 15.2 Å². The first kappa shape index (κ1) is 27.9. The summed E-state index contributed by atoms with van der Waals surface area (Å²) in [5.74, 6) is -1.38. The van der Waals surface area contributed by atoms with Gasteiger partial charge in [-0.05, 0) is 48.4 Å². The number of carboxylic acids is 1. The predicted molar refractivity (Wildman–Crippen MR) is 163 cm³/mol. The van der Waals surface area contributed by atoms with Gasteiger partial charge in [0, 0.05) is 28.8 Å². The minimum atomic E-state index is -0.949. The van der Waals surface area contributed by atoms with Crippen molar-refractivity contribution >= 4 is 17.6 Å². The van der Waals surface area contributed by atoms with Crippen LogP contribution >= 0.6 is 0 Å². The maximum absolute atomic E-state index is 13.6. The van der Waals surface area contributed by atoms with E-state index >= 15 is 0 Å². The Morgan fingerprint density at radius 2 is 1.21 bits per heavy atom. The number of carbonyl (C=O) groups is 2. The van der Waals surface area contributed by atoms with E-state index < -0.39 is 23.3 Å². The van der Waals surface area contributed by atoms with E-state index in [4.69, 9.17) is 4.74 Å². The molecule has 2 atom stereocenters. The topological polar surface area (TPSA) is 66.8 Å². The molecule has 5 aromatic rings. The van der Waals surface area contributed by atoms with Gasteiger partial charge in [-0.2, -0.15) is 0 Å². The van der Waals surface area contributed by atoms with Gasteiger partial charge in [-0.1, -0.05) is 103 Å². The van der Waals surface area contributed by atoms with Crippen LogP contribution in [0.3, 0.4) is 0 Å². The number of anilines is 1. The van der Waals surface area contributed by atoms with E-state index in [9.17, 15) is 19.1 Å². The molecule has 1 heterocycles. The van der Waals surface area contributed by atoms with Crippen molar-refractivity contribution in [2.45, 2.75) is 24.5 Å². The number of carboxylic acid groups (broad SMARTS) is 1. The normalized spacial score (nSPS) is 16.4. The van der Waals surface area contributed by atoms with Gasteiger partial charge in [0.2, 0.25) is 5.91 Å². The van der Waals surface area contributed by atoms with Crippen molar-refractivity contribution in [2.24, 2.45) is 5.92 Å². The Kier molecular flexibility index (Phi) is 7.75. The summed E-state index contributed by atoms with van der Waals surface area (Å²) >= 11 is 0. The number of rotatable bonds is 10. The second-order valence-corrected chi connectivity index (χ2v) is 10.6. The highest BCUT2D eigenvalue weighted by molar-refractivity contribution is 6.03. The number of aliphatic carboxylic acids is 1. The van der Waals surface area contributed by atoms with E-state index in [-0.39, 0.29) is 24.8 Å². The van der Waals surface area contributed by atoms with Crippen LogP contribution in [0.4, 0.5) is 10.1 Å². The molecule has 5 aromatic carbocycles. The fraction of sp³-hybridized carbons (Fsp3) is 0.135. The molecule has 0 unspecified atom stereocenters. The number of hydrogen-bond acceptors (Lipinski definition) is 3. The van der Waals surface area contributed by atoms with E-state index in [1.54, 1.807) is 17.0 Å². The average molecular weight is 572 g/mol. The summed E-state index contributed by atoms with van der Waals surface area (Å²) in [7, 11) is 0. The van der Waals surface area contributed by atoms with E-state index in [2.05, 4.69) is 36.4 Å². The van der Waals surface area contributed by atoms with Gasteiger partial charge in [0.15, 0.2) is 5.60 Å². The Labute approximate surface area is 249 Å². The zero-order valence-electron chi connectivity index (χ0n) is 23.3. The van der Waals surface area contributed by atoms with Crippen molar-refractivity contribution in [3.05, 3.63) is 168 Å². The molecule has 0 radical (unpaired) electrons. The quantitative estimate of drug-likeness (QED) is 0.137. The van der Waals surface area contributed by atoms with Gasteiger partial charge < -0.3 is 14.7 Å². The molecule has 0 aromatic heterocycles. The predicted octanol–water partition coefficient (Wildman–Crippen LogP) is 7.77. The molecule has 0 saturated carbocycles. The van der Waals surface area contributed by atoms with Crippen LogP contribution in [0.2, 0.25) is 0 Å². The second kappa shape index (κ2) is 11.9. The van der Waals surface area contributed by atoms with Crippen molar-refractivity contribution in [3.63, 3.8) is 0 Å². The van der Waals surface area contributed by atoms with E-state index in [0.717, 1.165) is 22.3 Å². The Morgan fingerprint density at radius 1 is 0.721 bits per heavy atom. The van der Waals surface area contributed by atoms with Crippen molar-refractivity contribution in [1.82, 2.24) is 0 Å². The molecule has 214 valence electrons. The van der Waals surface area contributed by atoms with E-state index in [1.807, 2.05) is 78.9 Å². The minimum Gasteiger partial charge on any atom is -0.481 e. The van der Waals surface area contributed by atoms with Gasteiger partial charge in [-0.3, -0.25) is 9.59 Å². The number of hydrogen-bond donors (Lipinski definition) is 1. The Bertz CT molecular complexity index is 1590. The second-order valence-electron chi connectivity index (χ2n) is 10.6. The van der Waals surface area contributed by atoms with Crippen molar-refractivity contribution < 1.29 is 23.8 Å². The van der Waals surface area contributed by atoms with Crippen molar-refractivity contribution in [1.29, 1.82) is 0 Å². The molecule has 43 heavy (non-hydrogen) atoms. The van der Waals surface area contributed by atoms with Gasteiger partial charge in [0.1, 0.15) is 11.6 Å². The standard InChI is InChI=1S/C37H30FNO4/c38-30-18-20-31(21-19-30)39-35(33(36(39)42)24-25-34(40)41)26-16-22-32(23-17-26)43-37(27-10-4-1-5-11-27,28-12-6-2-7-13-28)29-14-8-3-9-15-29/h1-23,33,35H,24-25H2,(H,40,41)/t33-,35-/m1/s1. The first-order valence-electron chi connectivity index (χ1n) is 14.2. The van der Waals surface area contributed by atoms with Gasteiger partial charge in [-0.15, -0.1) is 0 Å². The third-order valence-electron chi connectivity index (χ3n) is 8.02. The zero-order chi connectivity index (χ0) is 29.8. The molecule has 5 nitrogen and oxygen atoms in total. The van der Waals surface area contributed by atoms with Gasteiger partial charge >= 0.3 is 5.97 Å². The monoisotopic (exact) mass is 571 g/mol. The number of β-lactam (4-membered cyclic amide) rings is 1. The van der Waals surface area contributed by atoms with Crippen LogP contribution in [0.15, 0.2) is 140 Å². The lowest BCUT2D eigenvalue weighted by molar-refractivity contribution is -0.138. The van der Waals surface area contributed by atoms with Gasteiger partial charge in [-0.25, -0.2) is 4.39 Å². The summed E-state index contributed by atoms with van der Waals surface area (Å²) < 4.78 is 20.6. The molecule has 0 aliphatic carbocycles. The molecule has 6 heteroatoms. The maximum atomic E-state index is 13.6. The summed E-state index contributed by atoms with van der Waals surface area (Å²) in [5, 5.41) is 9.28. The summed E-state index contributed by atoms with van der Waals surface area (Å²) in [6.45, 7) is 0. The number of carbonyl (C=O) groups excluding carboxylic acids is 1. The first-order chi connectivity index (χ1) is 21.0. The number of ether oxygens (including phenoxy) is 1. The molecule has 1 aliphatic rings. The van der Waals surface area contributed by atoms with Crippen molar-refractivity contribution in [2.75, 3.05) is 4.90 Å². The van der Waals surface area contributed by atoms with Crippen LogP contribution < -0.4 is 9.64 Å². The molecular weight excluding hydrogens is 541 g/mol. The fourth-order valence-electron chi connectivity index (χ4n) is 5.99. The summed E-state index contributed by atoms with van der Waals surface area (Å²) in [6.07, 6.45) is 0.104. The lowest BCUT2D eigenvalue weighted by atomic mass is 9.79. The number of benzene rings is 5. The van der Waals surface area contributed by atoms with Crippen LogP contribution in [0.5, 0.6) is 5.75 Å². The highest BCUT2D eigenvalue weighted by Crippen LogP contribution is 2.47. The lowest BCUT2D eigenvalue weighted by Crippen LogP contribution is -2.55. The average Bonchev–Trinajstić information content (AvgIpc) is 3.05. The van der Waals surface area contributed by atoms with Crippen LogP contribution in [0, 0.1) is 11.7 Å². The summed E-state index contributed by atoms with van der Waals surface area (Å²) in [6, 6.07) is 43.3. The van der Waals surface area contributed by atoms with Crippen LogP contribution in [-0.4, -0.2) is 17.0 Å². The Hall–Kier alpha value is -5.23. The summed E-state index contributed by atoms with van der Waals surface area (Å²) in [4.78, 5) is 26.1. The zero-order valence-corrected chi connectivity index (χ0v) is 23.3. The molecule has 1 amide bonds. The molecule has 1 aliphatic heterocycles. The first-order valence-corrected chi connectivity index (χ1v) is 14.2. The molecule has 1 fully saturated rings. The van der Waals surface area contributed by atoms with E-state index in [1.165, 1.54) is 12.1 Å². The minimum absolute atomic E-state index is 0.112. The number of halogens is 1.